The summed E-state index contributed by atoms with van der Waals surface area (Å²) in [4.78, 5) is 40.4. The number of amides is 3. The Morgan fingerprint density at radius 3 is 2.44 bits per heavy atom. The van der Waals surface area contributed by atoms with Crippen molar-refractivity contribution in [1.82, 2.24) is 0 Å². The van der Waals surface area contributed by atoms with E-state index in [1.165, 1.54) is 6.07 Å². The lowest BCUT2D eigenvalue weighted by molar-refractivity contribution is -0.152. The Hall–Kier alpha value is -3.98. The molecular weight excluding hydrogens is 544 g/mol. The molecule has 3 amide bonds. The number of aliphatic hydroxyl groups excluding tert-OH is 1. The maximum absolute atomic E-state index is 13.2. The van der Waals surface area contributed by atoms with Crippen LogP contribution in [-0.2, 0) is 27.5 Å². The summed E-state index contributed by atoms with van der Waals surface area (Å²) < 4.78 is 12.0. The van der Waals surface area contributed by atoms with Gasteiger partial charge in [-0.3, -0.25) is 14.4 Å². The quantitative estimate of drug-likeness (QED) is 0.320. The molecule has 0 aliphatic carbocycles. The number of carbonyl (C=O) groups is 3. The van der Waals surface area contributed by atoms with Gasteiger partial charge in [-0.25, -0.2) is 4.90 Å². The summed E-state index contributed by atoms with van der Waals surface area (Å²) in [5, 5.41) is 12.5. The Morgan fingerprint density at radius 2 is 1.76 bits per heavy atom. The number of halogens is 1. The predicted octanol–water partition coefficient (Wildman–Crippen LogP) is 6.00. The molecular formula is C32H31ClN2O6. The van der Waals surface area contributed by atoms with E-state index in [2.05, 4.69) is 19.2 Å². The van der Waals surface area contributed by atoms with E-state index in [0.29, 0.717) is 40.6 Å². The largest absolute Gasteiger partial charge is 0.459 e. The molecule has 0 fully saturated rings. The number of rotatable bonds is 8. The van der Waals surface area contributed by atoms with Crippen molar-refractivity contribution in [1.29, 1.82) is 0 Å². The lowest BCUT2D eigenvalue weighted by Gasteiger charge is -2.31. The molecule has 0 unspecified atom stereocenters. The van der Waals surface area contributed by atoms with Crippen LogP contribution in [0.15, 0.2) is 72.5 Å². The molecule has 2 heterocycles. The Labute approximate surface area is 243 Å². The van der Waals surface area contributed by atoms with Gasteiger partial charge in [-0.2, -0.15) is 0 Å². The maximum Gasteiger partial charge on any atom is 0.290 e. The van der Waals surface area contributed by atoms with Crippen LogP contribution in [0, 0.1) is 18.8 Å². The molecule has 3 aromatic carbocycles. The van der Waals surface area contributed by atoms with Crippen LogP contribution in [0.3, 0.4) is 0 Å². The number of nitrogens with one attached hydrogen (secondary N) is 1. The number of nitrogens with zero attached hydrogens (tertiary/aromatic N) is 1. The summed E-state index contributed by atoms with van der Waals surface area (Å²) in [5.74, 6) is -0.751. The van der Waals surface area contributed by atoms with Crippen LogP contribution >= 0.6 is 11.6 Å². The van der Waals surface area contributed by atoms with Gasteiger partial charge in [0.2, 0.25) is 6.29 Å². The van der Waals surface area contributed by atoms with Gasteiger partial charge in [-0.05, 0) is 77.9 Å². The number of aliphatic hydroxyl groups is 1. The first kappa shape index (κ1) is 28.5. The third kappa shape index (κ3) is 6.05. The van der Waals surface area contributed by atoms with E-state index >= 15 is 0 Å². The summed E-state index contributed by atoms with van der Waals surface area (Å²) in [6.45, 7) is 6.22. The zero-order chi connectivity index (χ0) is 29.3. The normalized spacial score (nSPS) is 18.3. The summed E-state index contributed by atoms with van der Waals surface area (Å²) in [5.41, 5.74) is 3.88. The minimum Gasteiger partial charge on any atom is -0.459 e. The zero-order valence-electron chi connectivity index (χ0n) is 23.0. The van der Waals surface area contributed by atoms with E-state index in [-0.39, 0.29) is 29.8 Å². The van der Waals surface area contributed by atoms with E-state index in [0.717, 1.165) is 16.0 Å². The number of imide groups is 1. The number of ether oxygens (including phenoxy) is 2. The van der Waals surface area contributed by atoms with Crippen molar-refractivity contribution in [3.63, 3.8) is 0 Å². The smallest absolute Gasteiger partial charge is 0.290 e. The molecule has 0 bridgehead atoms. The van der Waals surface area contributed by atoms with Gasteiger partial charge >= 0.3 is 0 Å². The molecule has 0 spiro atoms. The monoisotopic (exact) mass is 574 g/mol. The van der Waals surface area contributed by atoms with Crippen LogP contribution in [0.25, 0.3) is 0 Å². The molecule has 0 aromatic heterocycles. The van der Waals surface area contributed by atoms with Gasteiger partial charge in [0.05, 0.1) is 30.0 Å². The van der Waals surface area contributed by atoms with Gasteiger partial charge in [-0.1, -0.05) is 49.7 Å². The summed E-state index contributed by atoms with van der Waals surface area (Å²) >= 11 is 6.03. The maximum atomic E-state index is 13.2. The topological polar surface area (TPSA) is 105 Å². The number of hydrogen-bond acceptors (Lipinski definition) is 6. The summed E-state index contributed by atoms with van der Waals surface area (Å²) in [7, 11) is 0. The molecule has 9 heteroatoms. The number of anilines is 2. The average molecular weight is 575 g/mol. The van der Waals surface area contributed by atoms with Gasteiger partial charge in [0.25, 0.3) is 17.7 Å². The summed E-state index contributed by atoms with van der Waals surface area (Å²) in [6.07, 6.45) is 1.85. The second kappa shape index (κ2) is 11.9. The molecule has 212 valence electrons. The molecule has 5 rings (SSSR count). The number of hydrogen-bond donors (Lipinski definition) is 2. The predicted molar refractivity (Wildman–Crippen MR) is 155 cm³/mol. The Kier molecular flexibility index (Phi) is 8.26. The molecule has 2 aliphatic heterocycles. The minimum atomic E-state index is -0.600. The number of fused-ring (bicyclic) bond motifs is 1. The van der Waals surface area contributed by atoms with E-state index in [4.69, 9.17) is 21.1 Å². The van der Waals surface area contributed by atoms with Crippen LogP contribution in [0.5, 0.6) is 0 Å². The lowest BCUT2D eigenvalue weighted by atomic mass is 9.90. The summed E-state index contributed by atoms with van der Waals surface area (Å²) in [6, 6.07) is 17.1. The minimum absolute atomic E-state index is 0.0213. The van der Waals surface area contributed by atoms with Crippen molar-refractivity contribution in [2.45, 2.75) is 46.7 Å². The molecule has 2 N–H and O–H groups in total. The Balaban J connectivity index is 1.27. The van der Waals surface area contributed by atoms with Crippen LogP contribution in [0.2, 0.25) is 5.02 Å². The SMILES string of the molecule is Cc1cc(NC(=O)C2=C[C@H](C(C)C)C[C@H](OCc3ccc(CO)cc3)O2)ccc1N1C(=O)c2ccc(Cl)cc2C1=O. The van der Waals surface area contributed by atoms with Gasteiger partial charge in [0, 0.05) is 17.1 Å². The highest BCUT2D eigenvalue weighted by atomic mass is 35.5. The first-order valence-corrected chi connectivity index (χ1v) is 13.8. The van der Waals surface area contributed by atoms with E-state index in [9.17, 15) is 19.5 Å². The number of aryl methyl sites for hydroxylation is 1. The van der Waals surface area contributed by atoms with Crippen molar-refractivity contribution >= 4 is 40.7 Å². The fourth-order valence-electron chi connectivity index (χ4n) is 4.95. The second-order valence-corrected chi connectivity index (χ2v) is 11.0. The Morgan fingerprint density at radius 1 is 1.05 bits per heavy atom. The molecule has 0 saturated carbocycles. The molecule has 8 nitrogen and oxygen atoms in total. The lowest BCUT2D eigenvalue weighted by Crippen LogP contribution is -2.31. The molecule has 3 aromatic rings. The molecule has 2 atom stereocenters. The highest BCUT2D eigenvalue weighted by molar-refractivity contribution is 6.37. The fraction of sp³-hybridized carbons (Fsp3) is 0.281. The van der Waals surface area contributed by atoms with Crippen LogP contribution < -0.4 is 10.2 Å². The van der Waals surface area contributed by atoms with E-state index in [1.54, 1.807) is 37.3 Å². The van der Waals surface area contributed by atoms with E-state index < -0.39 is 24.0 Å². The molecule has 0 saturated heterocycles. The zero-order valence-corrected chi connectivity index (χ0v) is 23.8. The first-order valence-electron chi connectivity index (χ1n) is 13.4. The third-order valence-electron chi connectivity index (χ3n) is 7.35. The van der Waals surface area contributed by atoms with Crippen molar-refractivity contribution in [2.24, 2.45) is 11.8 Å². The van der Waals surface area contributed by atoms with Crippen LogP contribution in [0.4, 0.5) is 11.4 Å². The van der Waals surface area contributed by atoms with Crippen LogP contribution in [-0.4, -0.2) is 29.1 Å². The average Bonchev–Trinajstić information content (AvgIpc) is 3.20. The van der Waals surface area contributed by atoms with Crippen molar-refractivity contribution in [3.8, 4) is 0 Å². The van der Waals surface area contributed by atoms with Gasteiger partial charge in [0.1, 0.15) is 0 Å². The highest BCUT2D eigenvalue weighted by Gasteiger charge is 2.37. The van der Waals surface area contributed by atoms with Crippen molar-refractivity contribution in [2.75, 3.05) is 10.2 Å². The van der Waals surface area contributed by atoms with Gasteiger partial charge in [-0.15, -0.1) is 0 Å². The van der Waals surface area contributed by atoms with E-state index in [1.807, 2.05) is 30.3 Å². The third-order valence-corrected chi connectivity index (χ3v) is 7.59. The van der Waals surface area contributed by atoms with Gasteiger partial charge in [0.15, 0.2) is 5.76 Å². The van der Waals surface area contributed by atoms with Crippen LogP contribution in [0.1, 0.15) is 57.7 Å². The van der Waals surface area contributed by atoms with Crippen molar-refractivity contribution < 1.29 is 29.0 Å². The molecule has 2 aliphatic rings. The van der Waals surface area contributed by atoms with Crippen molar-refractivity contribution in [3.05, 3.63) is 105 Å². The second-order valence-electron chi connectivity index (χ2n) is 10.6. The first-order chi connectivity index (χ1) is 19.6. The highest BCUT2D eigenvalue weighted by Crippen LogP contribution is 2.34. The standard InChI is InChI=1S/C32H31ClN2O6/c1-18(2)22-13-28(41-29(14-22)40-17-21-6-4-20(16-36)5-7-21)30(37)34-24-9-11-27(19(3)12-24)35-31(38)25-10-8-23(33)15-26(25)32(35)39/h4-13,15,18,22,29,36H,14,16-17H2,1-3H3,(H,34,37)/t22-,29+/m0/s1. The Bertz CT molecular complexity index is 1530. The molecule has 41 heavy (non-hydrogen) atoms. The number of carbonyl (C=O) groups excluding carboxylic acids is 3. The van der Waals surface area contributed by atoms with Gasteiger partial charge < -0.3 is 19.9 Å². The number of benzene rings is 3. The number of allylic oxidation sites excluding steroid dienone is 1. The molecule has 0 radical (unpaired) electrons. The fourth-order valence-corrected chi connectivity index (χ4v) is 5.12.